The molecule has 7 heterocycles. The fourth-order valence-corrected chi connectivity index (χ4v) is 9.25. The van der Waals surface area contributed by atoms with Crippen LogP contribution in [0.1, 0.15) is 38.5 Å². The number of aromatic nitrogens is 3. The van der Waals surface area contributed by atoms with Crippen molar-refractivity contribution in [3.8, 4) is 17.3 Å². The lowest BCUT2D eigenvalue weighted by Crippen LogP contribution is -2.51. The molecule has 0 radical (unpaired) electrons. The van der Waals surface area contributed by atoms with Gasteiger partial charge in [0.05, 0.1) is 10.9 Å². The standard InChI is InChI=1S/C33H33FN6OS/c34-28-29(23-7-3-9-26-27(23)22-6-1-2-8-25(22)42-26)35-16-24-30(28)37-32(41-19-33-12-4-14-40(33)15-5-13-33)38-31(24)39-17-20-10-11-21(18-39)36-20/h1-3,6-9,16,20-21,36H,4-5,10-15,17-19H2. The molecule has 42 heavy (non-hydrogen) atoms. The highest BCUT2D eigenvalue weighted by Gasteiger charge is 2.45. The summed E-state index contributed by atoms with van der Waals surface area (Å²) >= 11 is 1.72. The van der Waals surface area contributed by atoms with Gasteiger partial charge in [-0.15, -0.1) is 11.3 Å². The molecule has 9 rings (SSSR count). The Bertz CT molecular complexity index is 1840. The van der Waals surface area contributed by atoms with E-state index in [0.717, 1.165) is 78.7 Å². The highest BCUT2D eigenvalue weighted by molar-refractivity contribution is 7.25. The summed E-state index contributed by atoms with van der Waals surface area (Å²) in [5.41, 5.74) is 1.46. The molecule has 4 fully saturated rings. The summed E-state index contributed by atoms with van der Waals surface area (Å²) in [4.78, 5) is 19.3. The highest BCUT2D eigenvalue weighted by Crippen LogP contribution is 2.42. The molecule has 0 amide bonds. The first kappa shape index (κ1) is 25.1. The molecule has 2 aromatic carbocycles. The molecule has 3 aromatic heterocycles. The molecule has 4 saturated heterocycles. The third-order valence-corrected chi connectivity index (χ3v) is 11.2. The number of ether oxygens (including phenoxy) is 1. The second-order valence-corrected chi connectivity index (χ2v) is 13.6. The third-order valence-electron chi connectivity index (χ3n) is 10.1. The van der Waals surface area contributed by atoms with E-state index in [1.165, 1.54) is 17.5 Å². The summed E-state index contributed by atoms with van der Waals surface area (Å²) in [5, 5.41) is 6.50. The largest absolute Gasteiger partial charge is 0.461 e. The van der Waals surface area contributed by atoms with Gasteiger partial charge in [-0.2, -0.15) is 9.97 Å². The average molecular weight is 581 g/mol. The van der Waals surface area contributed by atoms with Gasteiger partial charge in [0, 0.05) is 57.1 Å². The van der Waals surface area contributed by atoms with Crippen molar-refractivity contribution in [2.24, 2.45) is 0 Å². The minimum atomic E-state index is -0.414. The molecule has 0 saturated carbocycles. The van der Waals surface area contributed by atoms with E-state index in [2.05, 4.69) is 33.3 Å². The van der Waals surface area contributed by atoms with Crippen molar-refractivity contribution in [1.29, 1.82) is 0 Å². The second-order valence-electron chi connectivity index (χ2n) is 12.5. The zero-order valence-electron chi connectivity index (χ0n) is 23.5. The molecule has 5 aromatic rings. The molecular formula is C33H33FN6OS. The zero-order valence-corrected chi connectivity index (χ0v) is 24.3. The smallest absolute Gasteiger partial charge is 0.319 e. The van der Waals surface area contributed by atoms with Crippen molar-refractivity contribution in [3.63, 3.8) is 0 Å². The molecular weight excluding hydrogens is 547 g/mol. The number of nitrogens with zero attached hydrogens (tertiary/aromatic N) is 5. The number of pyridine rings is 1. The van der Waals surface area contributed by atoms with Gasteiger partial charge in [-0.25, -0.2) is 4.39 Å². The van der Waals surface area contributed by atoms with Gasteiger partial charge in [0.1, 0.15) is 23.6 Å². The number of halogens is 1. The number of nitrogens with one attached hydrogen (secondary N) is 1. The van der Waals surface area contributed by atoms with Crippen molar-refractivity contribution in [2.75, 3.05) is 37.7 Å². The van der Waals surface area contributed by atoms with Gasteiger partial charge in [-0.3, -0.25) is 9.88 Å². The maximum absolute atomic E-state index is 16.8. The van der Waals surface area contributed by atoms with Crippen LogP contribution in [0, 0.1) is 5.82 Å². The molecule has 4 aliphatic rings. The predicted octanol–water partition coefficient (Wildman–Crippen LogP) is 6.15. The van der Waals surface area contributed by atoms with Gasteiger partial charge in [-0.1, -0.05) is 30.3 Å². The topological polar surface area (TPSA) is 66.4 Å². The molecule has 0 aliphatic carbocycles. The Morgan fingerprint density at radius 2 is 1.74 bits per heavy atom. The Morgan fingerprint density at radius 1 is 0.952 bits per heavy atom. The molecule has 2 atom stereocenters. The van der Waals surface area contributed by atoms with Crippen LogP contribution in [-0.4, -0.2) is 70.3 Å². The monoisotopic (exact) mass is 580 g/mol. The quantitative estimate of drug-likeness (QED) is 0.268. The van der Waals surface area contributed by atoms with Crippen LogP contribution >= 0.6 is 11.3 Å². The van der Waals surface area contributed by atoms with E-state index in [-0.39, 0.29) is 17.1 Å². The fourth-order valence-electron chi connectivity index (χ4n) is 8.12. The van der Waals surface area contributed by atoms with Gasteiger partial charge in [0.2, 0.25) is 0 Å². The van der Waals surface area contributed by atoms with E-state index < -0.39 is 5.82 Å². The molecule has 7 nitrogen and oxygen atoms in total. The maximum atomic E-state index is 16.8. The van der Waals surface area contributed by atoms with Gasteiger partial charge in [0.15, 0.2) is 5.82 Å². The van der Waals surface area contributed by atoms with E-state index in [0.29, 0.717) is 29.8 Å². The summed E-state index contributed by atoms with van der Waals surface area (Å²) in [6.45, 7) is 4.48. The van der Waals surface area contributed by atoms with Crippen molar-refractivity contribution in [1.82, 2.24) is 25.2 Å². The average Bonchev–Trinajstić information content (AvgIpc) is 3.78. The molecule has 2 bridgehead atoms. The molecule has 4 aliphatic heterocycles. The Hall–Kier alpha value is -3.40. The number of hydrogen-bond acceptors (Lipinski definition) is 8. The Balaban J connectivity index is 1.19. The van der Waals surface area contributed by atoms with E-state index in [4.69, 9.17) is 19.7 Å². The normalized spacial score (nSPS) is 23.4. The maximum Gasteiger partial charge on any atom is 0.319 e. The van der Waals surface area contributed by atoms with Crippen LogP contribution in [0.4, 0.5) is 10.2 Å². The van der Waals surface area contributed by atoms with Crippen LogP contribution < -0.4 is 15.0 Å². The summed E-state index contributed by atoms with van der Waals surface area (Å²) in [5.74, 6) is 0.321. The van der Waals surface area contributed by atoms with Crippen LogP contribution in [-0.2, 0) is 0 Å². The summed E-state index contributed by atoms with van der Waals surface area (Å²) in [6.07, 6.45) is 8.75. The van der Waals surface area contributed by atoms with E-state index >= 15 is 4.39 Å². The van der Waals surface area contributed by atoms with Gasteiger partial charge < -0.3 is 15.0 Å². The van der Waals surface area contributed by atoms with E-state index in [1.807, 2.05) is 24.3 Å². The lowest BCUT2D eigenvalue weighted by Gasteiger charge is -2.34. The minimum absolute atomic E-state index is 0.0598. The predicted molar refractivity (Wildman–Crippen MR) is 166 cm³/mol. The lowest BCUT2D eigenvalue weighted by atomic mass is 9.95. The molecule has 0 spiro atoms. The van der Waals surface area contributed by atoms with Crippen LogP contribution in [0.2, 0.25) is 0 Å². The summed E-state index contributed by atoms with van der Waals surface area (Å²) < 4.78 is 25.5. The number of fused-ring (bicyclic) bond motifs is 7. The molecule has 1 N–H and O–H groups in total. The van der Waals surface area contributed by atoms with Gasteiger partial charge in [0.25, 0.3) is 0 Å². The molecule has 2 unspecified atom stereocenters. The number of benzene rings is 2. The number of piperazine rings is 1. The number of anilines is 1. The number of thiophene rings is 1. The molecule has 9 heteroatoms. The van der Waals surface area contributed by atoms with Crippen molar-refractivity contribution >= 4 is 48.2 Å². The third kappa shape index (κ3) is 3.86. The van der Waals surface area contributed by atoms with Crippen molar-refractivity contribution in [3.05, 3.63) is 54.5 Å². The number of rotatable bonds is 5. The second kappa shape index (κ2) is 9.56. The first-order valence-corrected chi connectivity index (χ1v) is 16.1. The van der Waals surface area contributed by atoms with Gasteiger partial charge in [-0.05, 0) is 63.7 Å². The van der Waals surface area contributed by atoms with E-state index in [9.17, 15) is 0 Å². The molecule has 214 valence electrons. The van der Waals surface area contributed by atoms with Gasteiger partial charge >= 0.3 is 6.01 Å². The minimum Gasteiger partial charge on any atom is -0.461 e. The van der Waals surface area contributed by atoms with Crippen LogP contribution in [0.5, 0.6) is 6.01 Å². The highest BCUT2D eigenvalue weighted by atomic mass is 32.1. The fraction of sp³-hybridized carbons (Fsp3) is 0.424. The summed E-state index contributed by atoms with van der Waals surface area (Å²) in [6, 6.07) is 15.5. The van der Waals surface area contributed by atoms with Crippen LogP contribution in [0.25, 0.3) is 42.3 Å². The number of hydrogen-bond donors (Lipinski definition) is 1. The van der Waals surface area contributed by atoms with Crippen molar-refractivity contribution < 1.29 is 9.13 Å². The van der Waals surface area contributed by atoms with E-state index in [1.54, 1.807) is 17.5 Å². The van der Waals surface area contributed by atoms with Crippen LogP contribution in [0.15, 0.2) is 48.7 Å². The summed E-state index contributed by atoms with van der Waals surface area (Å²) in [7, 11) is 0. The Morgan fingerprint density at radius 3 is 2.57 bits per heavy atom. The Kier molecular flexibility index (Phi) is 5.72. The first-order chi connectivity index (χ1) is 20.6. The first-order valence-electron chi connectivity index (χ1n) is 15.3. The SMILES string of the molecule is Fc1c(-c2cccc3sc4ccccc4c23)ncc2c(N3CC4CCC(C3)N4)nc(OCC34CCCN3CCC4)nc12. The zero-order chi connectivity index (χ0) is 27.8. The lowest BCUT2D eigenvalue weighted by molar-refractivity contribution is 0.108. The van der Waals surface area contributed by atoms with Crippen LogP contribution in [0.3, 0.4) is 0 Å². The Labute approximate surface area is 247 Å². The van der Waals surface area contributed by atoms with Crippen molar-refractivity contribution in [2.45, 2.75) is 56.1 Å².